The minimum atomic E-state index is -1.79. The van der Waals surface area contributed by atoms with Gasteiger partial charge in [0.05, 0.1) is 0 Å². The van der Waals surface area contributed by atoms with E-state index in [1.54, 1.807) is 44.3 Å². The molecule has 0 spiro atoms. The summed E-state index contributed by atoms with van der Waals surface area (Å²) in [4.78, 5) is 200. The molecule has 0 aliphatic carbocycles. The second-order valence-corrected chi connectivity index (χ2v) is 27.8. The normalized spacial score (nSPS) is 22.2. The van der Waals surface area contributed by atoms with Gasteiger partial charge in [-0.3, -0.25) is 72.5 Å². The van der Waals surface area contributed by atoms with Crippen molar-refractivity contribution >= 4 is 121 Å². The van der Waals surface area contributed by atoms with Gasteiger partial charge in [0.2, 0.25) is 70.9 Å². The van der Waals surface area contributed by atoms with Crippen LogP contribution in [0.3, 0.4) is 0 Å². The van der Waals surface area contributed by atoms with Gasteiger partial charge in [-0.2, -0.15) is 0 Å². The van der Waals surface area contributed by atoms with Crippen LogP contribution >= 0.6 is 21.6 Å². The molecular formula is C67H91N17O18S2. The molecule has 23 N–H and O–H groups in total. The zero-order valence-electron chi connectivity index (χ0n) is 57.3. The number of carboxylic acid groups (broad SMARTS) is 2. The molecule has 4 aromatic rings. The van der Waals surface area contributed by atoms with Crippen molar-refractivity contribution in [2.75, 3.05) is 37.7 Å². The first kappa shape index (κ1) is 82.3. The summed E-state index contributed by atoms with van der Waals surface area (Å²) in [6, 6.07) is 2.72. The van der Waals surface area contributed by atoms with Gasteiger partial charge in [-0.1, -0.05) is 77.9 Å². The van der Waals surface area contributed by atoms with Crippen LogP contribution in [0.5, 0.6) is 11.5 Å². The monoisotopic (exact) mass is 1490 g/mol. The zero-order chi connectivity index (χ0) is 76.2. The number of aliphatic carboxylic acids is 2. The summed E-state index contributed by atoms with van der Waals surface area (Å²) < 4.78 is 0. The van der Waals surface area contributed by atoms with Crippen LogP contribution in [0, 0.1) is 11.3 Å². The molecule has 3 heterocycles. The number of hydrogen-bond acceptors (Lipinski definition) is 20. The number of likely N-dealkylation sites (tertiary alicyclic amines) is 1. The van der Waals surface area contributed by atoms with E-state index in [2.05, 4.69) is 63.5 Å². The van der Waals surface area contributed by atoms with Crippen LogP contribution in [0.1, 0.15) is 94.7 Å². The van der Waals surface area contributed by atoms with Gasteiger partial charge < -0.3 is 106 Å². The molecule has 10 atom stereocenters. The molecule has 3 aromatic carbocycles. The van der Waals surface area contributed by atoms with Crippen molar-refractivity contribution in [2.24, 2.45) is 23.1 Å². The average Bonchev–Trinajstić information content (AvgIpc) is 1.62. The van der Waals surface area contributed by atoms with Gasteiger partial charge >= 0.3 is 11.9 Å². The number of phenols is 2. The third-order valence-corrected chi connectivity index (χ3v) is 19.3. The van der Waals surface area contributed by atoms with Crippen molar-refractivity contribution in [3.8, 4) is 11.5 Å². The molecule has 6 rings (SSSR count). The fraction of sp³-hybridized carbons (Fsp3) is 0.478. The Balaban J connectivity index is 1.42. The number of aromatic hydroxyl groups is 2. The van der Waals surface area contributed by atoms with Crippen molar-refractivity contribution in [3.05, 3.63) is 95.7 Å². The molecule has 35 nitrogen and oxygen atoms in total. The number of primary amides is 1. The Kier molecular flexibility index (Phi) is 32.3. The number of aromatic nitrogens is 1. The van der Waals surface area contributed by atoms with Crippen molar-refractivity contribution in [3.63, 3.8) is 0 Å². The van der Waals surface area contributed by atoms with Crippen LogP contribution in [0.2, 0.25) is 0 Å². The van der Waals surface area contributed by atoms with Crippen LogP contribution in [-0.2, 0) is 86.4 Å². The van der Waals surface area contributed by atoms with E-state index in [1.165, 1.54) is 53.4 Å². The Morgan fingerprint density at radius 1 is 0.654 bits per heavy atom. The molecule has 564 valence electrons. The number of nitrogens with zero attached hydrogens (tertiary/aromatic N) is 1. The smallest absolute Gasteiger partial charge is 0.303 e. The highest BCUT2D eigenvalue weighted by molar-refractivity contribution is 8.76. The Labute approximate surface area is 605 Å². The number of hydrogen-bond donors (Lipinski definition) is 20. The average molecular weight is 1490 g/mol. The number of rotatable bonds is 24. The molecule has 2 fully saturated rings. The lowest BCUT2D eigenvalue weighted by molar-refractivity contribution is -0.140. The maximum Gasteiger partial charge on any atom is 0.303 e. The highest BCUT2D eigenvalue weighted by Gasteiger charge is 2.39. The second-order valence-electron chi connectivity index (χ2n) is 25.2. The number of H-pyrrole nitrogens is 1. The third-order valence-electron chi connectivity index (χ3n) is 16.9. The number of carbonyl (C=O) groups is 14. The number of nitrogens with two attached hydrogens (primary N) is 3. The number of carboxylic acids is 2. The van der Waals surface area contributed by atoms with Gasteiger partial charge in [-0.05, 0) is 91.5 Å². The van der Waals surface area contributed by atoms with Crippen LogP contribution < -0.4 is 75.7 Å². The Hall–Kier alpha value is -10.7. The minimum Gasteiger partial charge on any atom is -0.508 e. The van der Waals surface area contributed by atoms with Gasteiger partial charge in [0.25, 0.3) is 0 Å². The Bertz CT molecular complexity index is 3730. The van der Waals surface area contributed by atoms with E-state index in [-0.39, 0.29) is 87.7 Å². The molecule has 2 aliphatic heterocycles. The van der Waals surface area contributed by atoms with Gasteiger partial charge in [0.15, 0.2) is 5.96 Å². The van der Waals surface area contributed by atoms with E-state index in [1.807, 2.05) is 0 Å². The first-order chi connectivity index (χ1) is 49.5. The molecule has 12 amide bonds. The van der Waals surface area contributed by atoms with Gasteiger partial charge in [-0.25, -0.2) is 0 Å². The number of benzene rings is 3. The minimum absolute atomic E-state index is 0.00647. The molecular weight excluding hydrogens is 1390 g/mol. The summed E-state index contributed by atoms with van der Waals surface area (Å²) in [5.41, 5.74) is 19.0. The van der Waals surface area contributed by atoms with Crippen LogP contribution in [0.15, 0.2) is 79.0 Å². The third kappa shape index (κ3) is 26.3. The lowest BCUT2D eigenvalue weighted by Gasteiger charge is -2.29. The van der Waals surface area contributed by atoms with Crippen LogP contribution in [0.4, 0.5) is 0 Å². The van der Waals surface area contributed by atoms with Gasteiger partial charge in [-0.15, -0.1) is 0 Å². The quantitative estimate of drug-likeness (QED) is 0.0147. The lowest BCUT2D eigenvalue weighted by atomic mass is 10.00. The zero-order valence-corrected chi connectivity index (χ0v) is 58.9. The number of amides is 12. The maximum atomic E-state index is 15.1. The summed E-state index contributed by atoms with van der Waals surface area (Å²) in [6.07, 6.45) is -1.96. The largest absolute Gasteiger partial charge is 0.508 e. The van der Waals surface area contributed by atoms with E-state index in [9.17, 15) is 82.8 Å². The van der Waals surface area contributed by atoms with E-state index >= 15 is 4.79 Å². The number of fused-ring (bicyclic) bond motifs is 1. The van der Waals surface area contributed by atoms with E-state index < -0.39 is 194 Å². The molecule has 0 radical (unpaired) electrons. The van der Waals surface area contributed by atoms with Crippen LogP contribution in [0.25, 0.3) is 10.9 Å². The summed E-state index contributed by atoms with van der Waals surface area (Å²) in [5.74, 6) is -16.3. The number of carbonyl (C=O) groups excluding carboxylic acids is 12. The Morgan fingerprint density at radius 2 is 1.22 bits per heavy atom. The maximum absolute atomic E-state index is 15.1. The van der Waals surface area contributed by atoms with Crippen molar-refractivity contribution in [1.29, 1.82) is 5.41 Å². The molecule has 0 unspecified atom stereocenters. The van der Waals surface area contributed by atoms with E-state index in [4.69, 9.17) is 22.6 Å². The topological polar surface area (TPSA) is 573 Å². The predicted molar refractivity (Wildman–Crippen MR) is 381 cm³/mol. The van der Waals surface area contributed by atoms with E-state index in [0.717, 1.165) is 21.6 Å². The highest BCUT2D eigenvalue weighted by atomic mass is 33.1. The fourth-order valence-electron chi connectivity index (χ4n) is 11.3. The molecule has 37 heteroatoms. The summed E-state index contributed by atoms with van der Waals surface area (Å²) >= 11 is 0. The SMILES string of the molecule is CC(C)[C@@H]1NC(=O)[C@@H](NC(=O)[C@H](Cc2ccc(O)cc2)NC(=O)[C@@H]2CCCN2C(=O)CCN)CSSC[C@@H](C(N)=O)NC(=O)[C@H](Cc2c[nH]c3ccccc23)NC(=O)[C@H](CCC(=O)O)NC(=O)[C@H](CCC(=O)O)NC(=O)CCNC(=O)[C@H](CCCNC(=N)N)NC(=O)[C@H](Cc2ccc(O)cc2)NC1=O. The first-order valence-corrected chi connectivity index (χ1v) is 36.1. The number of phenolic OH excluding ortho intramolecular Hbond substituents is 2. The highest BCUT2D eigenvalue weighted by Crippen LogP contribution is 2.26. The molecule has 104 heavy (non-hydrogen) atoms. The first-order valence-electron chi connectivity index (χ1n) is 33.7. The molecule has 0 bridgehead atoms. The molecule has 2 aliphatic rings. The molecule has 2 saturated heterocycles. The van der Waals surface area contributed by atoms with Gasteiger partial charge in [0.1, 0.15) is 71.9 Å². The van der Waals surface area contributed by atoms with Gasteiger partial charge in [0, 0.05) is 99.7 Å². The predicted octanol–water partition coefficient (Wildman–Crippen LogP) is -2.65. The summed E-state index contributed by atoms with van der Waals surface area (Å²) in [7, 11) is 1.73. The standard InChI is InChI=1S/C67H91N17O18S2/c1-35(2)56-66(102)80-47(30-37-13-17-40(86)18-14-37)61(97)76-43(9-5-26-73-67(70)71)58(94)72-27-24-52(87)75-44(19-21-54(89)90)59(95)77-45(20-22-55(91)92)60(96)78-48(31-38-32-74-42-8-4-3-7-41(38)42)63(99)81-49(57(69)93)33-103-104-34-50(64(100)83-56)82-62(98)46(29-36-11-15-39(85)16-12-36)79-65(101)51-10-6-28-84(51)53(88)23-25-68/h3-4,7-8,11-18,32,35,43-51,56,74,85-86H,5-6,9-10,19-31,33-34,68H2,1-2H3,(H2,69,93)(H,72,94)(H,75,87)(H,76,97)(H,77,95)(H,78,96)(H,79,101)(H,80,102)(H,81,99)(H,82,98)(H,83,100)(H,89,90)(H,91,92)(H4,70,71,73)/t43-,44-,45-,46-,47-,48-,49-,50-,51-,56-/m0/s1. The number of para-hydroxylation sites is 1. The number of nitrogens with one attached hydrogen (secondary N) is 13. The lowest BCUT2D eigenvalue weighted by Crippen LogP contribution is -2.61. The van der Waals surface area contributed by atoms with Crippen molar-refractivity contribution < 1.29 is 87.5 Å². The summed E-state index contributed by atoms with van der Waals surface area (Å²) in [5, 5.41) is 76.4. The molecule has 1 aromatic heterocycles. The number of guanidine groups is 1. The molecule has 0 saturated carbocycles. The van der Waals surface area contributed by atoms with Crippen molar-refractivity contribution in [1.82, 2.24) is 68.4 Å². The number of aromatic amines is 1. The fourth-order valence-corrected chi connectivity index (χ4v) is 13.7. The van der Waals surface area contributed by atoms with Crippen molar-refractivity contribution in [2.45, 2.75) is 158 Å². The summed E-state index contributed by atoms with van der Waals surface area (Å²) in [6.45, 7) is 2.90. The van der Waals surface area contributed by atoms with E-state index in [0.29, 0.717) is 34.0 Å². The second kappa shape index (κ2) is 40.8. The Morgan fingerprint density at radius 3 is 1.84 bits per heavy atom. The van der Waals surface area contributed by atoms with Crippen LogP contribution in [-0.4, -0.2) is 217 Å².